The van der Waals surface area contributed by atoms with Crippen LogP contribution >= 0.6 is 0 Å². The Hall–Kier alpha value is -1.40. The van der Waals surface area contributed by atoms with Crippen molar-refractivity contribution in [2.45, 2.75) is 98.8 Å². The van der Waals surface area contributed by atoms with E-state index in [1.165, 1.54) is 5.57 Å². The van der Waals surface area contributed by atoms with Crippen molar-refractivity contribution in [3.63, 3.8) is 0 Å². The molecular formula is C23H36O6Ti. The average Bonchev–Trinajstić information content (AvgIpc) is 2.93. The Kier molecular flexibility index (Phi) is 9.36. The maximum absolute atomic E-state index is 12.6. The van der Waals surface area contributed by atoms with Crippen LogP contribution in [0.15, 0.2) is 20.6 Å². The van der Waals surface area contributed by atoms with Crippen molar-refractivity contribution in [3.8, 4) is 0 Å². The molecule has 0 aromatic carbocycles. The predicted octanol–water partition coefficient (Wildman–Crippen LogP) is 5.71. The Morgan fingerprint density at radius 3 is 1.70 bits per heavy atom. The van der Waals surface area contributed by atoms with E-state index < -0.39 is 35.7 Å². The van der Waals surface area contributed by atoms with Crippen LogP contribution < -0.4 is 0 Å². The van der Waals surface area contributed by atoms with Crippen LogP contribution in [-0.4, -0.2) is 17.9 Å². The van der Waals surface area contributed by atoms with E-state index >= 15 is 0 Å². The van der Waals surface area contributed by atoms with Crippen molar-refractivity contribution >= 4 is 17.9 Å². The molecule has 0 saturated heterocycles. The summed E-state index contributed by atoms with van der Waals surface area (Å²) in [6.45, 7) is 9.77. The van der Waals surface area contributed by atoms with E-state index in [1.807, 2.05) is 27.7 Å². The summed E-state index contributed by atoms with van der Waals surface area (Å²) >= 11 is -4.79. The van der Waals surface area contributed by atoms with Gasteiger partial charge in [0.05, 0.1) is 0 Å². The van der Waals surface area contributed by atoms with Crippen LogP contribution in [-0.2, 0) is 42.1 Å². The van der Waals surface area contributed by atoms with E-state index in [1.54, 1.807) is 0 Å². The minimum atomic E-state index is -4.79. The summed E-state index contributed by atoms with van der Waals surface area (Å²) in [7, 11) is 0. The van der Waals surface area contributed by atoms with Gasteiger partial charge in [-0.1, -0.05) is 0 Å². The fourth-order valence-electron chi connectivity index (χ4n) is 4.26. The van der Waals surface area contributed by atoms with Gasteiger partial charge in [-0.15, -0.1) is 0 Å². The molecule has 0 bridgehead atoms. The first-order valence-electron chi connectivity index (χ1n) is 11.4. The standard InChI is InChI=1S/C11H15.3C4H8O2.Ti/c1-8-7-10-5-3-4-6-11(10)9(8)2;3*1-2-3-4(5)6;/h9H,3-6H2,1-2H3;3*2-3H2,1H3,(H,5,6);/q;;;;+3/p-3. The number of hydrogen-bond acceptors (Lipinski definition) is 6. The molecule has 0 spiro atoms. The third kappa shape index (κ3) is 5.64. The minimum absolute atomic E-state index is 0.180. The summed E-state index contributed by atoms with van der Waals surface area (Å²) in [5.41, 5.74) is 3.43. The van der Waals surface area contributed by atoms with Crippen molar-refractivity contribution in [3.05, 3.63) is 20.6 Å². The second-order valence-electron chi connectivity index (χ2n) is 8.22. The molecule has 6 nitrogen and oxygen atoms in total. The molecule has 2 rings (SSSR count). The molecule has 168 valence electrons. The maximum atomic E-state index is 12.6. The second kappa shape index (κ2) is 11.3. The first-order valence-corrected chi connectivity index (χ1v) is 14.1. The van der Waals surface area contributed by atoms with E-state index in [0.717, 1.165) is 40.7 Å². The van der Waals surface area contributed by atoms with Gasteiger partial charge in [0.25, 0.3) is 0 Å². The first-order chi connectivity index (χ1) is 14.3. The van der Waals surface area contributed by atoms with Crippen molar-refractivity contribution < 1.29 is 42.1 Å². The molecule has 1 unspecified atom stereocenters. The summed E-state index contributed by atoms with van der Waals surface area (Å²) in [5.74, 6) is -1.23. The molecule has 0 fully saturated rings. The van der Waals surface area contributed by atoms with Crippen LogP contribution in [0.3, 0.4) is 0 Å². The molecule has 0 aromatic rings. The molecular weight excluding hydrogens is 420 g/mol. The summed E-state index contributed by atoms with van der Waals surface area (Å²) < 4.78 is 18.5. The SMILES string of the molecule is CCCC(=O)[O][Ti]([O]C(=O)CCC)([O]C(=O)CCC)[C]1=C(C)C(C)C2=C1CCCC2. The van der Waals surface area contributed by atoms with Gasteiger partial charge in [0, 0.05) is 0 Å². The van der Waals surface area contributed by atoms with E-state index in [-0.39, 0.29) is 25.2 Å². The Morgan fingerprint density at radius 2 is 1.27 bits per heavy atom. The molecule has 0 radical (unpaired) electrons. The van der Waals surface area contributed by atoms with Crippen molar-refractivity contribution in [2.24, 2.45) is 5.92 Å². The first kappa shape index (κ1) is 24.9. The number of carbonyl (C=O) groups excluding carboxylic acids is 3. The molecule has 2 aliphatic rings. The average molecular weight is 456 g/mol. The zero-order valence-corrected chi connectivity index (χ0v) is 20.7. The topological polar surface area (TPSA) is 78.9 Å². The molecule has 0 N–H and O–H groups in total. The molecule has 0 heterocycles. The van der Waals surface area contributed by atoms with Crippen LogP contribution in [0.4, 0.5) is 0 Å². The molecule has 1 atom stereocenters. The van der Waals surface area contributed by atoms with Gasteiger partial charge in [-0.2, -0.15) is 0 Å². The monoisotopic (exact) mass is 456 g/mol. The van der Waals surface area contributed by atoms with E-state index in [4.69, 9.17) is 9.96 Å². The third-order valence-corrected chi connectivity index (χ3v) is 10.2. The van der Waals surface area contributed by atoms with Gasteiger partial charge in [0.1, 0.15) is 0 Å². The second-order valence-corrected chi connectivity index (χ2v) is 11.7. The van der Waals surface area contributed by atoms with E-state index in [9.17, 15) is 14.4 Å². The third-order valence-electron chi connectivity index (χ3n) is 5.79. The molecule has 0 aromatic heterocycles. The fraction of sp³-hybridized carbons (Fsp3) is 0.696. The van der Waals surface area contributed by atoms with Crippen LogP contribution in [0.1, 0.15) is 98.8 Å². The van der Waals surface area contributed by atoms with Gasteiger partial charge < -0.3 is 0 Å². The summed E-state index contributed by atoms with van der Waals surface area (Å²) in [4.78, 5) is 37.9. The molecule has 2 aliphatic carbocycles. The fourth-order valence-corrected chi connectivity index (χ4v) is 8.94. The van der Waals surface area contributed by atoms with Crippen LogP contribution in [0.2, 0.25) is 0 Å². The Bertz CT molecular complexity index is 686. The summed E-state index contributed by atoms with van der Waals surface area (Å²) in [6.07, 6.45) is 6.33. The van der Waals surface area contributed by atoms with Crippen molar-refractivity contribution in [1.82, 2.24) is 0 Å². The number of rotatable bonds is 10. The Balaban J connectivity index is 2.60. The van der Waals surface area contributed by atoms with Gasteiger partial charge in [0.15, 0.2) is 0 Å². The number of allylic oxidation sites excluding steroid dienone is 4. The van der Waals surface area contributed by atoms with Crippen molar-refractivity contribution in [2.75, 3.05) is 0 Å². The molecule has 0 aliphatic heterocycles. The normalized spacial score (nSPS) is 18.9. The molecule has 0 amide bonds. The summed E-state index contributed by atoms with van der Waals surface area (Å²) in [5, 5.41) is 0. The van der Waals surface area contributed by atoms with Gasteiger partial charge >= 0.3 is 185 Å². The zero-order chi connectivity index (χ0) is 22.3. The molecule has 30 heavy (non-hydrogen) atoms. The molecule has 7 heteroatoms. The van der Waals surface area contributed by atoms with Crippen LogP contribution in [0.5, 0.6) is 0 Å². The van der Waals surface area contributed by atoms with E-state index in [0.29, 0.717) is 19.3 Å². The zero-order valence-electron chi connectivity index (χ0n) is 19.1. The number of carbonyl (C=O) groups is 3. The Labute approximate surface area is 185 Å². The summed E-state index contributed by atoms with van der Waals surface area (Å²) in [6, 6.07) is 0. The number of hydrogen-bond donors (Lipinski definition) is 0. The van der Waals surface area contributed by atoms with Crippen molar-refractivity contribution in [1.29, 1.82) is 0 Å². The van der Waals surface area contributed by atoms with E-state index in [2.05, 4.69) is 6.92 Å². The Morgan fingerprint density at radius 1 is 0.833 bits per heavy atom. The van der Waals surface area contributed by atoms with Gasteiger partial charge in [-0.3, -0.25) is 0 Å². The predicted molar refractivity (Wildman–Crippen MR) is 110 cm³/mol. The quantitative estimate of drug-likeness (QED) is 0.392. The molecule has 0 saturated carbocycles. The van der Waals surface area contributed by atoms with Gasteiger partial charge in [0.2, 0.25) is 0 Å². The van der Waals surface area contributed by atoms with Gasteiger partial charge in [-0.25, -0.2) is 0 Å². The van der Waals surface area contributed by atoms with Gasteiger partial charge in [-0.05, 0) is 0 Å². The van der Waals surface area contributed by atoms with Crippen LogP contribution in [0.25, 0.3) is 0 Å². The van der Waals surface area contributed by atoms with Crippen LogP contribution in [0, 0.1) is 5.92 Å².